The lowest BCUT2D eigenvalue weighted by atomic mass is 9.98. The smallest absolute Gasteiger partial charge is 0.304 e. The molecule has 0 aliphatic carbocycles. The van der Waals surface area contributed by atoms with Gasteiger partial charge in [0.05, 0.1) is 35.6 Å². The molecule has 2 aliphatic heterocycles. The second kappa shape index (κ2) is 17.4. The van der Waals surface area contributed by atoms with Crippen LogP contribution < -0.4 is 5.32 Å². The van der Waals surface area contributed by atoms with E-state index in [0.29, 0.717) is 37.3 Å². The van der Waals surface area contributed by atoms with Gasteiger partial charge in [0.25, 0.3) is 0 Å². The SMILES string of the molecule is C=Cc1c(C)c2cc3[nH]c(cc4nc(cc5nc(cc1[nH]2)C(C)=C5CCC(=O)O)C(CCC(=O)O)=C4C)c(C)c3C=C.O=C(O)CCNCCC(=O)O. The van der Waals surface area contributed by atoms with Crippen LogP contribution in [-0.2, 0) is 19.2 Å². The average molecular weight is 724 g/mol. The highest BCUT2D eigenvalue weighted by atomic mass is 16.4. The minimum absolute atomic E-state index is 0.0274. The maximum absolute atomic E-state index is 11.5. The molecule has 0 radical (unpaired) electrons. The van der Waals surface area contributed by atoms with Crippen molar-refractivity contribution >= 4 is 80.4 Å². The van der Waals surface area contributed by atoms with Crippen LogP contribution in [0.1, 0.15) is 97.4 Å². The summed E-state index contributed by atoms with van der Waals surface area (Å²) in [6, 6.07) is 7.88. The van der Waals surface area contributed by atoms with Crippen molar-refractivity contribution in [1.82, 2.24) is 25.3 Å². The number of aliphatic carboxylic acids is 4. The van der Waals surface area contributed by atoms with Crippen LogP contribution >= 0.6 is 0 Å². The molecule has 0 atom stereocenters. The topological polar surface area (TPSA) is 219 Å². The standard InChI is InChI=1S/C34H34N4O4.C6H11NO4/c1-7-21-17(3)25-13-26-19(5)23(9-11-33(39)40)31(37-26)16-32-24(10-12-34(41)42)20(6)28(38-32)15-30-22(8-2)18(4)27(36-30)14-29(21)35-25;8-5(9)1-3-7-4-2-6(10)11/h7-8,13-16,35-36H,1-2,9-12H2,3-6H3,(H,39,40)(H,41,42);7H,1-4H2,(H,8,9)(H,10,11). The van der Waals surface area contributed by atoms with E-state index in [4.69, 9.17) is 20.2 Å². The number of aromatic amines is 2. The quantitative estimate of drug-likeness (QED) is 0.0816. The van der Waals surface area contributed by atoms with Crippen molar-refractivity contribution < 1.29 is 39.6 Å². The number of nitrogens with one attached hydrogen (secondary N) is 3. The third-order valence-electron chi connectivity index (χ3n) is 9.25. The molecule has 13 nitrogen and oxygen atoms in total. The molecule has 0 fully saturated rings. The predicted molar refractivity (Wildman–Crippen MR) is 207 cm³/mol. The highest BCUT2D eigenvalue weighted by Gasteiger charge is 2.22. The maximum Gasteiger partial charge on any atom is 0.304 e. The molecule has 0 unspecified atom stereocenters. The first-order valence-corrected chi connectivity index (χ1v) is 17.1. The summed E-state index contributed by atoms with van der Waals surface area (Å²) in [7, 11) is 0. The third kappa shape index (κ3) is 9.63. The molecule has 0 aromatic carbocycles. The van der Waals surface area contributed by atoms with Gasteiger partial charge in [0.2, 0.25) is 0 Å². The van der Waals surface area contributed by atoms with Crippen LogP contribution in [0.15, 0.2) is 37.4 Å². The number of nitrogens with zero attached hydrogens (tertiary/aromatic N) is 2. The maximum atomic E-state index is 11.5. The molecule has 3 aromatic heterocycles. The third-order valence-corrected chi connectivity index (χ3v) is 9.25. The monoisotopic (exact) mass is 723 g/mol. The number of allylic oxidation sites excluding steroid dienone is 4. The average Bonchev–Trinajstić information content (AvgIpc) is 3.75. The van der Waals surface area contributed by atoms with E-state index in [1.807, 2.05) is 58.0 Å². The van der Waals surface area contributed by atoms with Crippen molar-refractivity contribution in [1.29, 1.82) is 0 Å². The van der Waals surface area contributed by atoms with Gasteiger partial charge in [-0.3, -0.25) is 19.2 Å². The summed E-state index contributed by atoms with van der Waals surface area (Å²) >= 11 is 0. The van der Waals surface area contributed by atoms with Gasteiger partial charge in [-0.05, 0) is 98.2 Å². The van der Waals surface area contributed by atoms with Crippen LogP contribution in [0.2, 0.25) is 0 Å². The normalized spacial score (nSPS) is 12.3. The summed E-state index contributed by atoms with van der Waals surface area (Å²) in [5, 5.41) is 37.9. The molecular weight excluding hydrogens is 678 g/mol. The molecule has 13 heteroatoms. The Kier molecular flexibility index (Phi) is 13.1. The highest BCUT2D eigenvalue weighted by Crippen LogP contribution is 2.38. The zero-order valence-corrected chi connectivity index (χ0v) is 30.4. The molecule has 8 bridgehead atoms. The van der Waals surface area contributed by atoms with Crippen LogP contribution in [-0.4, -0.2) is 77.3 Å². The van der Waals surface area contributed by atoms with E-state index in [1.54, 1.807) is 0 Å². The molecule has 0 saturated carbocycles. The summed E-state index contributed by atoms with van der Waals surface area (Å²) in [5.74, 6) is -3.54. The molecule has 53 heavy (non-hydrogen) atoms. The Morgan fingerprint density at radius 3 is 1.36 bits per heavy atom. The zero-order valence-electron chi connectivity index (χ0n) is 30.4. The number of fused-ring (bicyclic) bond motifs is 8. The first kappa shape index (κ1) is 39.7. The van der Waals surface area contributed by atoms with Gasteiger partial charge in [-0.15, -0.1) is 0 Å². The lowest BCUT2D eigenvalue weighted by Crippen LogP contribution is -2.21. The van der Waals surface area contributed by atoms with Crippen molar-refractivity contribution in [2.24, 2.45) is 0 Å². The number of aryl methyl sites for hydroxylation is 2. The largest absolute Gasteiger partial charge is 0.481 e. The van der Waals surface area contributed by atoms with Gasteiger partial charge >= 0.3 is 23.9 Å². The van der Waals surface area contributed by atoms with E-state index in [2.05, 4.69) is 34.5 Å². The number of rotatable bonds is 14. The van der Waals surface area contributed by atoms with Crippen LogP contribution in [0.4, 0.5) is 0 Å². The van der Waals surface area contributed by atoms with E-state index in [1.165, 1.54) is 0 Å². The van der Waals surface area contributed by atoms with Crippen LogP contribution in [0.5, 0.6) is 0 Å². The van der Waals surface area contributed by atoms with Gasteiger partial charge in [0.15, 0.2) is 0 Å². The van der Waals surface area contributed by atoms with Crippen LogP contribution in [0, 0.1) is 13.8 Å². The number of hydrogen-bond donors (Lipinski definition) is 7. The van der Waals surface area contributed by atoms with Gasteiger partial charge in [0.1, 0.15) is 0 Å². The van der Waals surface area contributed by atoms with Crippen molar-refractivity contribution in [3.63, 3.8) is 0 Å². The Bertz CT molecular complexity index is 2200. The molecule has 2 aliphatic rings. The zero-order chi connectivity index (χ0) is 39.0. The molecular formula is C40H45N5O8. The summed E-state index contributed by atoms with van der Waals surface area (Å²) in [4.78, 5) is 59.9. The number of hydrogen-bond acceptors (Lipinski definition) is 7. The number of carbonyl (C=O) groups is 4. The molecule has 3 aromatic rings. The summed E-state index contributed by atoms with van der Waals surface area (Å²) < 4.78 is 0. The van der Waals surface area contributed by atoms with Gasteiger partial charge < -0.3 is 35.7 Å². The fraction of sp³-hybridized carbons (Fsp3) is 0.300. The second-order valence-corrected chi connectivity index (χ2v) is 12.8. The first-order valence-electron chi connectivity index (χ1n) is 17.1. The van der Waals surface area contributed by atoms with E-state index < -0.39 is 23.9 Å². The predicted octanol–water partition coefficient (Wildman–Crippen LogP) is 7.33. The van der Waals surface area contributed by atoms with Crippen LogP contribution in [0.25, 0.3) is 56.5 Å². The molecule has 278 valence electrons. The Morgan fingerprint density at radius 1 is 0.585 bits per heavy atom. The van der Waals surface area contributed by atoms with Gasteiger partial charge in [-0.1, -0.05) is 25.3 Å². The minimum Gasteiger partial charge on any atom is -0.481 e. The summed E-state index contributed by atoms with van der Waals surface area (Å²) in [6.45, 7) is 16.7. The first-order chi connectivity index (χ1) is 25.1. The van der Waals surface area contributed by atoms with E-state index in [9.17, 15) is 29.4 Å². The van der Waals surface area contributed by atoms with E-state index in [-0.39, 0.29) is 25.7 Å². The van der Waals surface area contributed by atoms with Gasteiger partial charge in [0, 0.05) is 59.1 Å². The Morgan fingerprint density at radius 2 is 0.962 bits per heavy atom. The minimum atomic E-state index is -0.889. The van der Waals surface area contributed by atoms with Gasteiger partial charge in [-0.25, -0.2) is 9.97 Å². The van der Waals surface area contributed by atoms with E-state index >= 15 is 0 Å². The van der Waals surface area contributed by atoms with Crippen molar-refractivity contribution in [2.45, 2.75) is 66.2 Å². The lowest BCUT2D eigenvalue weighted by Gasteiger charge is -2.05. The Balaban J connectivity index is 0.000000495. The summed E-state index contributed by atoms with van der Waals surface area (Å²) in [5.41, 5.74) is 13.7. The van der Waals surface area contributed by atoms with Crippen molar-refractivity contribution in [3.8, 4) is 0 Å². The molecule has 7 N–H and O–H groups in total. The fourth-order valence-electron chi connectivity index (χ4n) is 6.28. The van der Waals surface area contributed by atoms with E-state index in [0.717, 1.165) is 78.0 Å². The van der Waals surface area contributed by atoms with Gasteiger partial charge in [-0.2, -0.15) is 0 Å². The molecule has 5 rings (SSSR count). The Hall–Kier alpha value is -6.08. The number of carboxylic acid groups (broad SMARTS) is 4. The molecule has 0 spiro atoms. The van der Waals surface area contributed by atoms with Crippen molar-refractivity contribution in [2.75, 3.05) is 13.1 Å². The lowest BCUT2D eigenvalue weighted by molar-refractivity contribution is -0.138. The molecule has 0 amide bonds. The second-order valence-electron chi connectivity index (χ2n) is 12.8. The number of carboxylic acids is 4. The van der Waals surface area contributed by atoms with Crippen molar-refractivity contribution in [3.05, 3.63) is 82.5 Å². The Labute approximate surface area is 306 Å². The highest BCUT2D eigenvalue weighted by molar-refractivity contribution is 5.97. The number of aromatic nitrogens is 4. The molecule has 5 heterocycles. The number of H-pyrrole nitrogens is 2. The fourth-order valence-corrected chi connectivity index (χ4v) is 6.28. The molecule has 0 saturated heterocycles. The van der Waals surface area contributed by atoms with Crippen LogP contribution in [0.3, 0.4) is 0 Å². The summed E-state index contributed by atoms with van der Waals surface area (Å²) in [6.07, 6.45) is 4.25.